The fourth-order valence-corrected chi connectivity index (χ4v) is 8.00. The molecule has 0 radical (unpaired) electrons. The van der Waals surface area contributed by atoms with Crippen LogP contribution in [0.3, 0.4) is 0 Å². The van der Waals surface area contributed by atoms with Crippen molar-refractivity contribution >= 4 is 38.5 Å². The smallest absolute Gasteiger partial charge is 0.260 e. The SMILES string of the molecule is N#CC1(c2nnc(-c3ncc4c(N5CCN(C(=O)C6(F)CCC6)CC5)cc(S(=O)(=O)NC5(CF)CC5)cn34)s2)CC1. The molecule has 1 aliphatic heterocycles. The van der Waals surface area contributed by atoms with Crippen molar-refractivity contribution in [2.45, 2.75) is 66.5 Å². The van der Waals surface area contributed by atoms with Gasteiger partial charge in [-0.1, -0.05) is 11.3 Å². The fraction of sp³-hybridized carbons (Fsp3) is 0.577. The highest BCUT2D eigenvalue weighted by atomic mass is 32.2. The molecular weight excluding hydrogens is 574 g/mol. The van der Waals surface area contributed by atoms with Crippen molar-refractivity contribution in [3.8, 4) is 16.9 Å². The number of nitriles is 1. The number of fused-ring (bicyclic) bond motifs is 1. The second-order valence-electron chi connectivity index (χ2n) is 11.6. The van der Waals surface area contributed by atoms with Gasteiger partial charge in [-0.25, -0.2) is 26.9 Å². The van der Waals surface area contributed by atoms with E-state index in [1.54, 1.807) is 15.5 Å². The predicted molar refractivity (Wildman–Crippen MR) is 145 cm³/mol. The summed E-state index contributed by atoms with van der Waals surface area (Å²) in [7, 11) is -4.10. The summed E-state index contributed by atoms with van der Waals surface area (Å²) < 4.78 is 59.6. The van der Waals surface area contributed by atoms with Crippen molar-refractivity contribution in [2.24, 2.45) is 0 Å². The van der Waals surface area contributed by atoms with Crippen LogP contribution < -0.4 is 9.62 Å². The largest absolute Gasteiger partial charge is 0.366 e. The molecule has 0 spiro atoms. The number of rotatable bonds is 8. The van der Waals surface area contributed by atoms with Gasteiger partial charge >= 0.3 is 0 Å². The van der Waals surface area contributed by atoms with Crippen molar-refractivity contribution in [3.05, 3.63) is 23.5 Å². The number of hydrogen-bond acceptors (Lipinski definition) is 9. The number of aromatic nitrogens is 4. The van der Waals surface area contributed by atoms with Crippen molar-refractivity contribution in [1.82, 2.24) is 29.2 Å². The molecule has 0 unspecified atom stereocenters. The molecule has 3 saturated carbocycles. The third-order valence-electron chi connectivity index (χ3n) is 8.79. The Hall–Kier alpha value is -3.22. The van der Waals surface area contributed by atoms with Crippen LogP contribution in [-0.2, 0) is 20.2 Å². The Morgan fingerprint density at radius 2 is 1.85 bits per heavy atom. The summed E-state index contributed by atoms with van der Waals surface area (Å²) in [6.07, 6.45) is 6.56. The minimum absolute atomic E-state index is 0.0601. The van der Waals surface area contributed by atoms with Crippen LogP contribution >= 0.6 is 11.3 Å². The molecule has 3 aromatic heterocycles. The maximum Gasteiger partial charge on any atom is 0.260 e. The van der Waals surface area contributed by atoms with Crippen LogP contribution in [-0.4, -0.2) is 82.9 Å². The van der Waals surface area contributed by atoms with E-state index in [0.717, 1.165) is 0 Å². The Kier molecular flexibility index (Phi) is 5.94. The Morgan fingerprint density at radius 1 is 1.12 bits per heavy atom. The van der Waals surface area contributed by atoms with Crippen LogP contribution in [0.1, 0.15) is 50.0 Å². The van der Waals surface area contributed by atoms with Gasteiger partial charge in [0.15, 0.2) is 16.5 Å². The molecule has 1 amide bonds. The van der Waals surface area contributed by atoms with E-state index in [9.17, 15) is 27.3 Å². The van der Waals surface area contributed by atoms with Gasteiger partial charge in [-0.3, -0.25) is 9.20 Å². The first-order chi connectivity index (χ1) is 19.6. The monoisotopic (exact) mass is 602 g/mol. The highest BCUT2D eigenvalue weighted by Crippen LogP contribution is 2.49. The van der Waals surface area contributed by atoms with Gasteiger partial charge in [0.2, 0.25) is 10.0 Å². The van der Waals surface area contributed by atoms with E-state index in [0.29, 0.717) is 85.3 Å². The van der Waals surface area contributed by atoms with Crippen LogP contribution in [0, 0.1) is 11.3 Å². The summed E-state index contributed by atoms with van der Waals surface area (Å²) in [6.45, 7) is 0.549. The maximum atomic E-state index is 14.8. The minimum Gasteiger partial charge on any atom is -0.366 e. The summed E-state index contributed by atoms with van der Waals surface area (Å²) in [4.78, 5) is 20.7. The van der Waals surface area contributed by atoms with Gasteiger partial charge in [0, 0.05) is 32.4 Å². The lowest BCUT2D eigenvalue weighted by atomic mass is 9.81. The molecule has 216 valence electrons. The number of piperazine rings is 1. The van der Waals surface area contributed by atoms with Gasteiger partial charge in [-0.2, -0.15) is 5.26 Å². The number of sulfonamides is 1. The number of carbonyl (C=O) groups excluding carboxylic acids is 1. The summed E-state index contributed by atoms with van der Waals surface area (Å²) >= 11 is 1.26. The zero-order chi connectivity index (χ0) is 28.6. The number of amides is 1. The molecule has 0 aromatic carbocycles. The Morgan fingerprint density at radius 3 is 2.44 bits per heavy atom. The molecule has 3 aromatic rings. The second-order valence-corrected chi connectivity index (χ2v) is 14.3. The van der Waals surface area contributed by atoms with Gasteiger partial charge in [0.25, 0.3) is 5.91 Å². The lowest BCUT2D eigenvalue weighted by Crippen LogP contribution is -2.56. The van der Waals surface area contributed by atoms with E-state index in [4.69, 9.17) is 0 Å². The molecule has 4 heterocycles. The molecule has 4 fully saturated rings. The Labute approximate surface area is 239 Å². The van der Waals surface area contributed by atoms with Crippen molar-refractivity contribution < 1.29 is 22.0 Å². The van der Waals surface area contributed by atoms with E-state index in [2.05, 4.69) is 26.0 Å². The number of halogens is 2. The average molecular weight is 603 g/mol. The number of hydrogen-bond donors (Lipinski definition) is 1. The van der Waals surface area contributed by atoms with Gasteiger partial charge in [-0.05, 0) is 51.0 Å². The normalized spacial score (nSPS) is 22.3. The zero-order valence-corrected chi connectivity index (χ0v) is 23.8. The first kappa shape index (κ1) is 26.7. The number of pyridine rings is 1. The molecule has 11 nitrogen and oxygen atoms in total. The number of imidazole rings is 1. The van der Waals surface area contributed by atoms with Crippen molar-refractivity contribution in [1.29, 1.82) is 5.26 Å². The molecule has 1 N–H and O–H groups in total. The molecule has 15 heteroatoms. The second kappa shape index (κ2) is 9.14. The summed E-state index contributed by atoms with van der Waals surface area (Å²) in [5, 5.41) is 19.1. The Balaban J connectivity index is 1.25. The first-order valence-corrected chi connectivity index (χ1v) is 16.0. The van der Waals surface area contributed by atoms with Gasteiger partial charge < -0.3 is 9.80 Å². The van der Waals surface area contributed by atoms with Crippen LogP contribution in [0.2, 0.25) is 0 Å². The Bertz CT molecular complexity index is 1690. The topological polar surface area (TPSA) is 137 Å². The molecule has 3 aliphatic carbocycles. The molecule has 4 aliphatic rings. The van der Waals surface area contributed by atoms with Gasteiger partial charge in [0.1, 0.15) is 22.0 Å². The zero-order valence-electron chi connectivity index (χ0n) is 22.1. The summed E-state index contributed by atoms with van der Waals surface area (Å²) in [5.41, 5.74) is -2.28. The lowest BCUT2D eigenvalue weighted by molar-refractivity contribution is -0.150. The van der Waals surface area contributed by atoms with Crippen LogP contribution in [0.5, 0.6) is 0 Å². The van der Waals surface area contributed by atoms with E-state index in [1.165, 1.54) is 23.6 Å². The van der Waals surface area contributed by atoms with Gasteiger partial charge in [-0.15, -0.1) is 10.2 Å². The number of alkyl halides is 2. The summed E-state index contributed by atoms with van der Waals surface area (Å²) in [5.74, 6) is -0.0971. The number of carbonyl (C=O) groups is 1. The number of nitrogens with zero attached hydrogens (tertiary/aromatic N) is 7. The lowest BCUT2D eigenvalue weighted by Gasteiger charge is -2.41. The van der Waals surface area contributed by atoms with E-state index < -0.39 is 39.2 Å². The third kappa shape index (κ3) is 4.38. The predicted octanol–water partition coefficient (Wildman–Crippen LogP) is 2.73. The molecule has 41 heavy (non-hydrogen) atoms. The quantitative estimate of drug-likeness (QED) is 0.416. The number of nitrogens with one attached hydrogen (secondary N) is 1. The minimum atomic E-state index is -4.10. The van der Waals surface area contributed by atoms with E-state index in [-0.39, 0.29) is 17.7 Å². The summed E-state index contributed by atoms with van der Waals surface area (Å²) in [6, 6.07) is 3.85. The van der Waals surface area contributed by atoms with E-state index in [1.807, 2.05) is 4.90 Å². The standard InChI is InChI=1S/C26H28F2N8O3S2/c27-15-25(6-7-25)33-41(38,39)17-12-18(34-8-10-35(11-9-34)23(37)26(28)2-1-3-26)19-13-30-20(36(19)14-17)21-31-32-22(40-21)24(16-29)4-5-24/h12-14,33H,1-11,15H2. The van der Waals surface area contributed by atoms with Crippen LogP contribution in [0.4, 0.5) is 14.5 Å². The molecular formula is C26H28F2N8O3S2. The van der Waals surface area contributed by atoms with E-state index >= 15 is 0 Å². The average Bonchev–Trinajstić information content (AvgIpc) is 3.82. The van der Waals surface area contributed by atoms with Crippen LogP contribution in [0.25, 0.3) is 16.3 Å². The van der Waals surface area contributed by atoms with Crippen molar-refractivity contribution in [2.75, 3.05) is 37.8 Å². The third-order valence-corrected chi connectivity index (χ3v) is 11.5. The molecule has 0 atom stereocenters. The van der Waals surface area contributed by atoms with Crippen LogP contribution in [0.15, 0.2) is 23.4 Å². The molecule has 1 saturated heterocycles. The number of anilines is 1. The van der Waals surface area contributed by atoms with Gasteiger partial charge in [0.05, 0.1) is 29.0 Å². The molecule has 7 rings (SSSR count). The highest BCUT2D eigenvalue weighted by molar-refractivity contribution is 7.89. The molecule has 0 bridgehead atoms. The fourth-order valence-electron chi connectivity index (χ4n) is 5.51. The maximum absolute atomic E-state index is 14.8. The first-order valence-electron chi connectivity index (χ1n) is 13.7. The van der Waals surface area contributed by atoms with Crippen molar-refractivity contribution in [3.63, 3.8) is 0 Å². The highest BCUT2D eigenvalue weighted by Gasteiger charge is 2.49.